The summed E-state index contributed by atoms with van der Waals surface area (Å²) in [6.45, 7) is 12.0. The van der Waals surface area contributed by atoms with Crippen LogP contribution < -0.4 is 26.0 Å². The van der Waals surface area contributed by atoms with Crippen molar-refractivity contribution in [2.24, 2.45) is 5.92 Å². The average Bonchev–Trinajstić information content (AvgIpc) is 3.75. The van der Waals surface area contributed by atoms with Gasteiger partial charge in [-0.15, -0.1) is 5.10 Å². The van der Waals surface area contributed by atoms with Crippen LogP contribution in [0.25, 0.3) is 10.9 Å². The van der Waals surface area contributed by atoms with E-state index in [1.165, 1.54) is 36.9 Å². The van der Waals surface area contributed by atoms with Gasteiger partial charge in [0, 0.05) is 107 Å². The van der Waals surface area contributed by atoms with Gasteiger partial charge in [-0.25, -0.2) is 4.39 Å². The smallest absolute Gasteiger partial charge is 0.278 e. The molecule has 14 nitrogen and oxygen atoms in total. The van der Waals surface area contributed by atoms with Crippen molar-refractivity contribution in [2.45, 2.75) is 95.7 Å². The fraction of sp³-hybridized carbons (Fsp3) is 0.560. The van der Waals surface area contributed by atoms with Gasteiger partial charge < -0.3 is 20.0 Å². The molecule has 4 aliphatic heterocycles. The number of carbonyl (C=O) groups is 3. The molecule has 1 aromatic heterocycles. The number of hydrogen-bond acceptors (Lipinski definition) is 11. The summed E-state index contributed by atoms with van der Waals surface area (Å²) in [5.74, 6) is -0.512. The number of imide groups is 1. The van der Waals surface area contributed by atoms with Crippen LogP contribution in [0.2, 0.25) is 0 Å². The molecule has 0 radical (unpaired) electrons. The molecule has 348 valence electrons. The lowest BCUT2D eigenvalue weighted by Crippen LogP contribution is -2.46. The highest BCUT2D eigenvalue weighted by molar-refractivity contribution is 5.99. The van der Waals surface area contributed by atoms with Gasteiger partial charge in [-0.1, -0.05) is 55.2 Å². The Bertz CT molecular complexity index is 2320. The van der Waals surface area contributed by atoms with E-state index in [9.17, 15) is 23.6 Å². The third-order valence-corrected chi connectivity index (χ3v) is 14.4. The molecule has 0 spiro atoms. The van der Waals surface area contributed by atoms with Gasteiger partial charge in [0.15, 0.2) is 0 Å². The number of likely N-dealkylation sites (tertiary alicyclic amines) is 1. The minimum absolute atomic E-state index is 0.0283. The van der Waals surface area contributed by atoms with Gasteiger partial charge in [0.25, 0.3) is 11.5 Å². The fourth-order valence-electron chi connectivity index (χ4n) is 10.4. The number of piperazine rings is 1. The molecule has 4 saturated heterocycles. The minimum Gasteiger partial charge on any atom is -0.371 e. The van der Waals surface area contributed by atoms with E-state index in [0.717, 1.165) is 93.0 Å². The first-order chi connectivity index (χ1) is 31.5. The molecule has 4 aliphatic rings. The number of nitrogens with zero attached hydrogens (tertiary/aromatic N) is 8. The van der Waals surface area contributed by atoms with E-state index in [1.54, 1.807) is 24.3 Å². The zero-order chi connectivity index (χ0) is 45.5. The molecule has 0 bridgehead atoms. The van der Waals surface area contributed by atoms with Crippen LogP contribution in [0.3, 0.4) is 0 Å². The summed E-state index contributed by atoms with van der Waals surface area (Å²) < 4.78 is 15.7. The Kier molecular flexibility index (Phi) is 15.2. The van der Waals surface area contributed by atoms with E-state index in [2.05, 4.69) is 83.8 Å². The van der Waals surface area contributed by atoms with Crippen molar-refractivity contribution in [1.29, 1.82) is 0 Å². The lowest BCUT2D eigenvalue weighted by Gasteiger charge is -2.36. The largest absolute Gasteiger partial charge is 0.371 e. The predicted octanol–water partition coefficient (Wildman–Crippen LogP) is 5.24. The van der Waals surface area contributed by atoms with E-state index in [4.69, 9.17) is 0 Å². The molecule has 4 aromatic rings. The predicted molar refractivity (Wildman–Crippen MR) is 253 cm³/mol. The fourth-order valence-corrected chi connectivity index (χ4v) is 10.4. The number of hydrogen-bond donors (Lipinski definition) is 2. The number of carbonyl (C=O) groups excluding carboxylic acids is 3. The van der Waals surface area contributed by atoms with Gasteiger partial charge in [-0.3, -0.25) is 34.3 Å². The van der Waals surface area contributed by atoms with Gasteiger partial charge in [0.05, 0.1) is 5.39 Å². The first kappa shape index (κ1) is 46.3. The Labute approximate surface area is 382 Å². The number of nitrogens with one attached hydrogen (secondary N) is 2. The maximum atomic E-state index is 14.7. The van der Waals surface area contributed by atoms with Gasteiger partial charge in [-0.05, 0) is 107 Å². The molecule has 3 atom stereocenters. The maximum absolute atomic E-state index is 14.7. The number of piperidine rings is 2. The number of halogens is 1. The summed E-state index contributed by atoms with van der Waals surface area (Å²) in [6.07, 6.45) is 8.81. The monoisotopic (exact) mass is 891 g/mol. The van der Waals surface area contributed by atoms with E-state index in [-0.39, 0.29) is 36.4 Å². The molecule has 3 aromatic carbocycles. The number of likely N-dealkylation sites (N-methyl/N-ethyl adjacent to an activating group) is 1. The number of fused-ring (bicyclic) bond motifs is 1. The summed E-state index contributed by atoms with van der Waals surface area (Å²) in [5.41, 5.74) is 5.40. The highest BCUT2D eigenvalue weighted by Crippen LogP contribution is 2.33. The molecule has 1 unspecified atom stereocenters. The summed E-state index contributed by atoms with van der Waals surface area (Å²) in [7, 11) is 4.32. The number of benzene rings is 3. The molecule has 4 fully saturated rings. The highest BCUT2D eigenvalue weighted by atomic mass is 19.1. The van der Waals surface area contributed by atoms with Crippen molar-refractivity contribution >= 4 is 40.0 Å². The Morgan fingerprint density at radius 2 is 1.52 bits per heavy atom. The second kappa shape index (κ2) is 21.4. The van der Waals surface area contributed by atoms with Crippen molar-refractivity contribution < 1.29 is 18.8 Å². The Hall–Kier alpha value is -5.25. The number of aryl methyl sites for hydroxylation is 1. The van der Waals surface area contributed by atoms with E-state index in [0.29, 0.717) is 49.0 Å². The zero-order valence-corrected chi connectivity index (χ0v) is 38.5. The number of rotatable bonds is 17. The van der Waals surface area contributed by atoms with Crippen molar-refractivity contribution in [3.63, 3.8) is 0 Å². The van der Waals surface area contributed by atoms with E-state index in [1.807, 2.05) is 19.1 Å². The van der Waals surface area contributed by atoms with Crippen molar-refractivity contribution in [1.82, 2.24) is 40.3 Å². The third-order valence-electron chi connectivity index (χ3n) is 14.4. The number of unbranched alkanes of at least 4 members (excludes halogenated alkanes) is 5. The van der Waals surface area contributed by atoms with Crippen LogP contribution in [0.5, 0.6) is 0 Å². The molecule has 0 saturated carbocycles. The van der Waals surface area contributed by atoms with Crippen LogP contribution in [0.4, 0.5) is 15.8 Å². The zero-order valence-electron chi connectivity index (χ0n) is 38.5. The Morgan fingerprint density at radius 3 is 2.25 bits per heavy atom. The molecular weight excluding hydrogens is 824 g/mol. The molecule has 65 heavy (non-hydrogen) atoms. The second-order valence-corrected chi connectivity index (χ2v) is 19.0. The number of anilines is 2. The molecule has 5 heterocycles. The number of amides is 3. The van der Waals surface area contributed by atoms with Crippen LogP contribution in [-0.2, 0) is 20.9 Å². The number of aromatic nitrogens is 3. The van der Waals surface area contributed by atoms with Crippen molar-refractivity contribution in [2.75, 3.05) is 89.3 Å². The van der Waals surface area contributed by atoms with Crippen LogP contribution in [0.15, 0.2) is 65.5 Å². The molecule has 0 aliphatic carbocycles. The third kappa shape index (κ3) is 11.2. The average molecular weight is 891 g/mol. The summed E-state index contributed by atoms with van der Waals surface area (Å²) >= 11 is 0. The minimum atomic E-state index is -0.865. The maximum Gasteiger partial charge on any atom is 0.278 e. The lowest BCUT2D eigenvalue weighted by atomic mass is 9.93. The normalized spacial score (nSPS) is 21.4. The van der Waals surface area contributed by atoms with Gasteiger partial charge >= 0.3 is 0 Å². The van der Waals surface area contributed by atoms with E-state index >= 15 is 0 Å². The molecule has 8 rings (SSSR count). The SMILES string of the molecule is Cc1cccc(F)c1CN1C[C@H](c2ccc(N3CCN(CCCCCCCCNC(=O)C4CCN(c5ccc6nnn(C7CCC(=O)NC7=O)c(=O)c6c5)CC4)CC3)cc2)[C@@H](N(C)C)C1. The first-order valence-corrected chi connectivity index (χ1v) is 24.0. The van der Waals surface area contributed by atoms with E-state index < -0.39 is 17.5 Å². The van der Waals surface area contributed by atoms with Crippen LogP contribution in [0.1, 0.15) is 92.9 Å². The van der Waals surface area contributed by atoms with Gasteiger partial charge in [0.2, 0.25) is 11.8 Å². The molecule has 15 heteroatoms. The lowest BCUT2D eigenvalue weighted by molar-refractivity contribution is -0.136. The van der Waals surface area contributed by atoms with Crippen LogP contribution in [-0.4, -0.2) is 133 Å². The molecule has 3 amide bonds. The van der Waals surface area contributed by atoms with Gasteiger partial charge in [-0.2, -0.15) is 4.68 Å². The van der Waals surface area contributed by atoms with Crippen molar-refractivity contribution in [3.05, 3.63) is 93.5 Å². The summed E-state index contributed by atoms with van der Waals surface area (Å²) in [5, 5.41) is 14.0. The quantitative estimate of drug-likeness (QED) is 0.106. The Balaban J connectivity index is 0.677. The van der Waals surface area contributed by atoms with Crippen LogP contribution >= 0.6 is 0 Å². The highest BCUT2D eigenvalue weighted by Gasteiger charge is 2.36. The van der Waals surface area contributed by atoms with Gasteiger partial charge in [0.1, 0.15) is 17.4 Å². The van der Waals surface area contributed by atoms with Crippen molar-refractivity contribution in [3.8, 4) is 0 Å². The Morgan fingerprint density at radius 1 is 0.815 bits per heavy atom. The second-order valence-electron chi connectivity index (χ2n) is 19.0. The first-order valence-electron chi connectivity index (χ1n) is 24.0. The summed E-state index contributed by atoms with van der Waals surface area (Å²) in [6, 6.07) is 19.6. The summed E-state index contributed by atoms with van der Waals surface area (Å²) in [4.78, 5) is 62.4. The molecular formula is C50H67FN10O4. The molecule has 2 N–H and O–H groups in total. The topological polar surface area (TPSA) is 139 Å². The van der Waals surface area contributed by atoms with Crippen LogP contribution in [0, 0.1) is 18.7 Å². The standard InChI is InChI=1S/C50H67FN10O4/c1-35-11-10-12-43(51)41(35)32-58-33-42(46(34-58)56(2)3)36-13-15-38(16-14-36)60-29-27-57(28-30-60)24-9-7-5-4-6-8-23-52-48(63)37-21-25-59(26-22-37)39-17-18-44-40(31-39)50(65)61(55-54-44)45-19-20-47(62)53-49(45)64/h10-18,31,37,42,45-46H,4-9,19-30,32-34H2,1-3H3,(H,52,63)(H,53,62,64)/t42-,45?,46+/m1/s1.